The number of hydrazone groups is 1. The lowest BCUT2D eigenvalue weighted by Gasteiger charge is -2.16. The molecule has 0 unspecified atom stereocenters. The first kappa shape index (κ1) is 21.2. The number of hydrogen-bond acceptors (Lipinski definition) is 6. The van der Waals surface area contributed by atoms with Crippen molar-refractivity contribution in [3.63, 3.8) is 0 Å². The Hall–Kier alpha value is -3.55. The van der Waals surface area contributed by atoms with Crippen LogP contribution in [0.3, 0.4) is 0 Å². The summed E-state index contributed by atoms with van der Waals surface area (Å²) in [5, 5.41) is 3.93. The molecule has 3 N–H and O–H groups in total. The van der Waals surface area contributed by atoms with Gasteiger partial charge in [0.1, 0.15) is 5.75 Å². The summed E-state index contributed by atoms with van der Waals surface area (Å²) in [5.74, 6) is 0.546. The number of benzene rings is 2. The van der Waals surface area contributed by atoms with Crippen LogP contribution in [0.4, 0.5) is 0 Å². The molecule has 30 heavy (non-hydrogen) atoms. The van der Waals surface area contributed by atoms with Crippen molar-refractivity contribution in [1.82, 2.24) is 5.43 Å². The molecule has 3 rings (SSSR count). The largest absolute Gasteiger partial charge is 0.493 e. The van der Waals surface area contributed by atoms with Crippen LogP contribution in [0.2, 0.25) is 0 Å². The number of carbonyl (C=O) groups excluding carboxylic acids is 2. The van der Waals surface area contributed by atoms with E-state index in [0.717, 1.165) is 12.8 Å². The van der Waals surface area contributed by atoms with Crippen molar-refractivity contribution in [3.8, 4) is 17.2 Å². The summed E-state index contributed by atoms with van der Waals surface area (Å²) in [4.78, 5) is 22.8. The molecule has 0 fully saturated rings. The zero-order valence-electron chi connectivity index (χ0n) is 16.8. The molecule has 2 aromatic carbocycles. The first-order valence-corrected chi connectivity index (χ1v) is 9.71. The normalized spacial score (nSPS) is 12.8. The van der Waals surface area contributed by atoms with Crippen LogP contribution in [0.25, 0.3) is 0 Å². The van der Waals surface area contributed by atoms with E-state index in [9.17, 15) is 9.59 Å². The van der Waals surface area contributed by atoms with Crippen LogP contribution < -0.4 is 25.4 Å². The highest BCUT2D eigenvalue weighted by molar-refractivity contribution is 5.83. The minimum atomic E-state index is -0.581. The molecule has 8 heteroatoms. The maximum atomic E-state index is 12.0. The Morgan fingerprint density at radius 2 is 1.83 bits per heavy atom. The Kier molecular flexibility index (Phi) is 7.26. The van der Waals surface area contributed by atoms with Crippen molar-refractivity contribution in [3.05, 3.63) is 53.1 Å². The molecule has 0 radical (unpaired) electrons. The van der Waals surface area contributed by atoms with Gasteiger partial charge in [-0.25, -0.2) is 5.43 Å². The molecule has 0 aromatic heterocycles. The van der Waals surface area contributed by atoms with Gasteiger partial charge in [-0.1, -0.05) is 6.07 Å². The van der Waals surface area contributed by atoms with Gasteiger partial charge in [-0.05, 0) is 72.7 Å². The minimum Gasteiger partial charge on any atom is -0.493 e. The summed E-state index contributed by atoms with van der Waals surface area (Å²) in [5.41, 5.74) is 10.8. The molecule has 0 saturated carbocycles. The summed E-state index contributed by atoms with van der Waals surface area (Å²) in [7, 11) is 1.48. The van der Waals surface area contributed by atoms with Crippen LogP contribution >= 0.6 is 0 Å². The Morgan fingerprint density at radius 3 is 2.60 bits per heavy atom. The number of aryl methyl sites for hydroxylation is 2. The molecular weight excluding hydrogens is 386 g/mol. The van der Waals surface area contributed by atoms with Crippen molar-refractivity contribution in [2.45, 2.75) is 25.7 Å². The Balaban J connectivity index is 1.50. The van der Waals surface area contributed by atoms with E-state index < -0.39 is 5.91 Å². The number of hydrogen-bond donors (Lipinski definition) is 2. The van der Waals surface area contributed by atoms with Crippen LogP contribution in [-0.4, -0.2) is 38.4 Å². The Labute approximate surface area is 175 Å². The van der Waals surface area contributed by atoms with Gasteiger partial charge in [0.2, 0.25) is 0 Å². The quantitative estimate of drug-likeness (QED) is 0.484. The minimum absolute atomic E-state index is 0.126. The van der Waals surface area contributed by atoms with E-state index >= 15 is 0 Å². The predicted octanol–water partition coefficient (Wildman–Crippen LogP) is 1.97. The van der Waals surface area contributed by atoms with Crippen molar-refractivity contribution in [1.29, 1.82) is 0 Å². The SMILES string of the molecule is COc1cc(/C=N/NC(=O)COc2ccc3c(c2)CCCC3)ccc1OCC(N)=O. The third-order valence-electron chi connectivity index (χ3n) is 4.65. The maximum Gasteiger partial charge on any atom is 0.277 e. The number of methoxy groups -OCH3 is 1. The van der Waals surface area contributed by atoms with Gasteiger partial charge in [-0.2, -0.15) is 5.10 Å². The number of nitrogens with two attached hydrogens (primary N) is 1. The second-order valence-electron chi connectivity index (χ2n) is 6.88. The lowest BCUT2D eigenvalue weighted by Crippen LogP contribution is -2.24. The molecule has 1 aliphatic rings. The van der Waals surface area contributed by atoms with Crippen molar-refractivity contribution >= 4 is 18.0 Å². The number of ether oxygens (including phenoxy) is 3. The molecule has 0 heterocycles. The second-order valence-corrected chi connectivity index (χ2v) is 6.88. The lowest BCUT2D eigenvalue weighted by molar-refractivity contribution is -0.123. The van der Waals surface area contributed by atoms with Crippen LogP contribution in [0.1, 0.15) is 29.5 Å². The van der Waals surface area contributed by atoms with E-state index in [4.69, 9.17) is 19.9 Å². The van der Waals surface area contributed by atoms with E-state index in [1.54, 1.807) is 18.2 Å². The van der Waals surface area contributed by atoms with Gasteiger partial charge in [0, 0.05) is 0 Å². The zero-order valence-corrected chi connectivity index (χ0v) is 16.8. The average molecular weight is 411 g/mol. The van der Waals surface area contributed by atoms with E-state index in [1.807, 2.05) is 12.1 Å². The van der Waals surface area contributed by atoms with E-state index in [1.165, 1.54) is 37.3 Å². The molecule has 8 nitrogen and oxygen atoms in total. The van der Waals surface area contributed by atoms with Crippen LogP contribution in [0.15, 0.2) is 41.5 Å². The predicted molar refractivity (Wildman–Crippen MR) is 112 cm³/mol. The molecule has 158 valence electrons. The van der Waals surface area contributed by atoms with Crippen LogP contribution in [0.5, 0.6) is 17.2 Å². The summed E-state index contributed by atoms with van der Waals surface area (Å²) in [6.07, 6.45) is 6.04. The van der Waals surface area contributed by atoms with Crippen molar-refractivity contribution in [2.75, 3.05) is 20.3 Å². The first-order valence-electron chi connectivity index (χ1n) is 9.71. The highest BCUT2D eigenvalue weighted by Crippen LogP contribution is 2.27. The molecule has 0 bridgehead atoms. The molecule has 0 atom stereocenters. The maximum absolute atomic E-state index is 12.0. The number of fused-ring (bicyclic) bond motifs is 1. The second kappa shape index (κ2) is 10.3. The molecule has 1 aliphatic carbocycles. The number of primary amides is 1. The van der Waals surface area contributed by atoms with Gasteiger partial charge in [0.15, 0.2) is 24.7 Å². The Bertz CT molecular complexity index is 942. The lowest BCUT2D eigenvalue weighted by atomic mass is 9.92. The van der Waals surface area contributed by atoms with Gasteiger partial charge in [-0.3, -0.25) is 9.59 Å². The van der Waals surface area contributed by atoms with Crippen LogP contribution in [0, 0.1) is 0 Å². The van der Waals surface area contributed by atoms with Gasteiger partial charge in [-0.15, -0.1) is 0 Å². The molecular formula is C22H25N3O5. The smallest absolute Gasteiger partial charge is 0.277 e. The molecule has 2 aromatic rings. The summed E-state index contributed by atoms with van der Waals surface area (Å²) in [6, 6.07) is 11.0. The first-order chi connectivity index (χ1) is 14.5. The van der Waals surface area contributed by atoms with Crippen molar-refractivity contribution < 1.29 is 23.8 Å². The number of nitrogens with zero attached hydrogens (tertiary/aromatic N) is 1. The van der Waals surface area contributed by atoms with Crippen LogP contribution in [-0.2, 0) is 22.4 Å². The third-order valence-corrected chi connectivity index (χ3v) is 4.65. The van der Waals surface area contributed by atoms with Gasteiger partial charge >= 0.3 is 0 Å². The zero-order chi connectivity index (χ0) is 21.3. The fraction of sp³-hybridized carbons (Fsp3) is 0.318. The highest BCUT2D eigenvalue weighted by atomic mass is 16.5. The number of amides is 2. The van der Waals surface area contributed by atoms with Gasteiger partial charge < -0.3 is 19.9 Å². The van der Waals surface area contributed by atoms with E-state index in [-0.39, 0.29) is 19.1 Å². The van der Waals surface area contributed by atoms with E-state index in [0.29, 0.717) is 22.8 Å². The summed E-state index contributed by atoms with van der Waals surface area (Å²) < 4.78 is 16.1. The summed E-state index contributed by atoms with van der Waals surface area (Å²) >= 11 is 0. The average Bonchev–Trinajstić information content (AvgIpc) is 2.76. The summed E-state index contributed by atoms with van der Waals surface area (Å²) in [6.45, 7) is -0.372. The fourth-order valence-electron chi connectivity index (χ4n) is 3.19. The standard InChI is InChI=1S/C22H25N3O5/c1-28-20-10-15(6-9-19(20)30-13-21(23)26)12-24-25-22(27)14-29-18-8-7-16-4-2-3-5-17(16)11-18/h6-12H,2-5,13-14H2,1H3,(H2,23,26)(H,25,27)/b24-12+. The number of carbonyl (C=O) groups is 2. The van der Waals surface area contributed by atoms with Gasteiger partial charge in [0.25, 0.3) is 11.8 Å². The monoisotopic (exact) mass is 411 g/mol. The number of rotatable bonds is 9. The van der Waals surface area contributed by atoms with Crippen molar-refractivity contribution in [2.24, 2.45) is 10.8 Å². The molecule has 0 saturated heterocycles. The molecule has 0 spiro atoms. The highest BCUT2D eigenvalue weighted by Gasteiger charge is 2.11. The number of nitrogens with one attached hydrogen (secondary N) is 1. The molecule has 0 aliphatic heterocycles. The fourth-order valence-corrected chi connectivity index (χ4v) is 3.19. The topological polar surface area (TPSA) is 112 Å². The van der Waals surface area contributed by atoms with Gasteiger partial charge in [0.05, 0.1) is 13.3 Å². The molecule has 2 amide bonds. The third kappa shape index (κ3) is 5.97. The van der Waals surface area contributed by atoms with E-state index in [2.05, 4.69) is 16.6 Å². The Morgan fingerprint density at radius 1 is 1.03 bits per heavy atom.